The van der Waals surface area contributed by atoms with Crippen LogP contribution in [0.25, 0.3) is 10.6 Å². The smallest absolute Gasteiger partial charge is 0.337 e. The average molecular weight is 292 g/mol. The number of methoxy groups -OCH3 is 1. The van der Waals surface area contributed by atoms with E-state index in [1.54, 1.807) is 24.3 Å². The number of ether oxygens (including phenoxy) is 1. The number of aromatic nitrogens is 2. The van der Waals surface area contributed by atoms with Gasteiger partial charge in [-0.15, -0.1) is 10.2 Å². The molecule has 1 aromatic heterocycles. The summed E-state index contributed by atoms with van der Waals surface area (Å²) < 4.78 is 4.62. The first-order valence-electron chi connectivity index (χ1n) is 5.83. The van der Waals surface area contributed by atoms with Crippen molar-refractivity contribution in [2.75, 3.05) is 7.11 Å². The first-order chi connectivity index (χ1) is 9.60. The van der Waals surface area contributed by atoms with Crippen molar-refractivity contribution >= 4 is 23.3 Å². The maximum Gasteiger partial charge on any atom is 0.337 e. The second kappa shape index (κ2) is 6.25. The molecule has 7 heteroatoms. The third-order valence-electron chi connectivity index (χ3n) is 2.57. The number of carbonyl (C=O) groups excluding carboxylic acids is 1. The summed E-state index contributed by atoms with van der Waals surface area (Å²) in [5.74, 6) is -1.25. The molecule has 0 bridgehead atoms. The molecule has 0 radical (unpaired) electrons. The van der Waals surface area contributed by atoms with Crippen molar-refractivity contribution in [1.82, 2.24) is 10.2 Å². The molecule has 2 rings (SSSR count). The first kappa shape index (κ1) is 14.1. The van der Waals surface area contributed by atoms with Crippen LogP contribution >= 0.6 is 11.3 Å². The molecule has 0 atom stereocenters. The van der Waals surface area contributed by atoms with Gasteiger partial charge in [0.15, 0.2) is 0 Å². The monoisotopic (exact) mass is 292 g/mol. The molecule has 1 N–H and O–H groups in total. The molecule has 0 spiro atoms. The molecule has 0 unspecified atom stereocenters. The quantitative estimate of drug-likeness (QED) is 0.848. The van der Waals surface area contributed by atoms with Crippen LogP contribution in [0.5, 0.6) is 0 Å². The van der Waals surface area contributed by atoms with Crippen molar-refractivity contribution < 1.29 is 19.4 Å². The van der Waals surface area contributed by atoms with Crippen molar-refractivity contribution in [1.29, 1.82) is 0 Å². The summed E-state index contributed by atoms with van der Waals surface area (Å²) in [5, 5.41) is 18.0. The fourth-order valence-electron chi connectivity index (χ4n) is 1.55. The van der Waals surface area contributed by atoms with Crippen LogP contribution in [0.15, 0.2) is 24.3 Å². The van der Waals surface area contributed by atoms with Crippen LogP contribution in [0.3, 0.4) is 0 Å². The predicted octanol–water partition coefficient (Wildman–Crippen LogP) is 2.01. The van der Waals surface area contributed by atoms with E-state index < -0.39 is 11.9 Å². The molecule has 2 aromatic rings. The zero-order valence-electron chi connectivity index (χ0n) is 10.7. The molecule has 20 heavy (non-hydrogen) atoms. The molecule has 6 nitrogen and oxygen atoms in total. The van der Waals surface area contributed by atoms with Gasteiger partial charge in [-0.1, -0.05) is 23.5 Å². The van der Waals surface area contributed by atoms with Crippen LogP contribution in [-0.2, 0) is 16.0 Å². The van der Waals surface area contributed by atoms with E-state index in [2.05, 4.69) is 14.9 Å². The van der Waals surface area contributed by atoms with Crippen molar-refractivity contribution in [2.45, 2.75) is 12.8 Å². The van der Waals surface area contributed by atoms with E-state index in [1.165, 1.54) is 18.4 Å². The zero-order valence-corrected chi connectivity index (χ0v) is 11.5. The minimum absolute atomic E-state index is 0.0376. The van der Waals surface area contributed by atoms with Gasteiger partial charge in [-0.2, -0.15) is 0 Å². The summed E-state index contributed by atoms with van der Waals surface area (Å²) in [6.07, 6.45) is 0.406. The van der Waals surface area contributed by atoms with E-state index in [0.29, 0.717) is 22.0 Å². The fourth-order valence-corrected chi connectivity index (χ4v) is 2.40. The Hall–Kier alpha value is -2.28. The molecule has 1 aromatic carbocycles. The number of nitrogens with zero attached hydrogens (tertiary/aromatic N) is 2. The molecule has 0 fully saturated rings. The molecule has 1 heterocycles. The Labute approximate surface area is 119 Å². The minimum atomic E-state index is -0.857. The second-order valence-electron chi connectivity index (χ2n) is 3.96. The molecule has 0 aliphatic heterocycles. The number of hydrogen-bond donors (Lipinski definition) is 1. The molecule has 0 saturated heterocycles. The summed E-state index contributed by atoms with van der Waals surface area (Å²) in [5.41, 5.74) is 1.29. The number of esters is 1. The maximum atomic E-state index is 11.3. The number of carboxylic acid groups (broad SMARTS) is 1. The normalized spacial score (nSPS) is 10.2. The number of carboxylic acids is 1. The van der Waals surface area contributed by atoms with Gasteiger partial charge in [0.05, 0.1) is 19.1 Å². The summed E-state index contributed by atoms with van der Waals surface area (Å²) in [6.45, 7) is 0. The first-order valence-corrected chi connectivity index (χ1v) is 6.64. The van der Waals surface area contributed by atoms with Gasteiger partial charge in [-0.25, -0.2) is 4.79 Å². The SMILES string of the molecule is COC(=O)c1ccc(-c2nnc(CCC(=O)O)s2)cc1. The Morgan fingerprint density at radius 1 is 1.25 bits per heavy atom. The van der Waals surface area contributed by atoms with Gasteiger partial charge in [0.1, 0.15) is 10.0 Å². The highest BCUT2D eigenvalue weighted by molar-refractivity contribution is 7.14. The van der Waals surface area contributed by atoms with Gasteiger partial charge in [-0.05, 0) is 12.1 Å². The van der Waals surface area contributed by atoms with Crippen LogP contribution in [0, 0.1) is 0 Å². The topological polar surface area (TPSA) is 89.4 Å². The third-order valence-corrected chi connectivity index (χ3v) is 3.60. The number of rotatable bonds is 5. The Balaban J connectivity index is 2.11. The van der Waals surface area contributed by atoms with E-state index in [0.717, 1.165) is 5.56 Å². The summed E-state index contributed by atoms with van der Waals surface area (Å²) >= 11 is 1.35. The van der Waals surface area contributed by atoms with Gasteiger partial charge in [-0.3, -0.25) is 4.79 Å². The van der Waals surface area contributed by atoms with Crippen LogP contribution in [0.1, 0.15) is 21.8 Å². The maximum absolute atomic E-state index is 11.3. The predicted molar refractivity (Wildman–Crippen MR) is 72.6 cm³/mol. The van der Waals surface area contributed by atoms with E-state index >= 15 is 0 Å². The molecule has 0 amide bonds. The number of aliphatic carboxylic acids is 1. The number of carbonyl (C=O) groups is 2. The highest BCUT2D eigenvalue weighted by Gasteiger charge is 2.10. The van der Waals surface area contributed by atoms with Crippen molar-refractivity contribution in [2.24, 2.45) is 0 Å². The van der Waals surface area contributed by atoms with Crippen LogP contribution < -0.4 is 0 Å². The number of aryl methyl sites for hydroxylation is 1. The lowest BCUT2D eigenvalue weighted by molar-refractivity contribution is -0.136. The molecule has 0 aliphatic rings. The Kier molecular flexibility index (Phi) is 4.41. The molecule has 104 valence electrons. The lowest BCUT2D eigenvalue weighted by Crippen LogP contribution is -2.00. The van der Waals surface area contributed by atoms with Gasteiger partial charge in [0.25, 0.3) is 0 Å². The molecular formula is C13H12N2O4S. The summed E-state index contributed by atoms with van der Waals surface area (Å²) in [7, 11) is 1.33. The second-order valence-corrected chi connectivity index (χ2v) is 5.03. The van der Waals surface area contributed by atoms with Crippen LogP contribution in [-0.4, -0.2) is 34.4 Å². The van der Waals surface area contributed by atoms with E-state index in [9.17, 15) is 9.59 Å². The van der Waals surface area contributed by atoms with Crippen LogP contribution in [0.4, 0.5) is 0 Å². The highest BCUT2D eigenvalue weighted by Crippen LogP contribution is 2.24. The van der Waals surface area contributed by atoms with E-state index in [-0.39, 0.29) is 6.42 Å². The van der Waals surface area contributed by atoms with Crippen LogP contribution in [0.2, 0.25) is 0 Å². The Morgan fingerprint density at radius 2 is 1.95 bits per heavy atom. The number of hydrogen-bond acceptors (Lipinski definition) is 6. The Bertz CT molecular complexity index is 622. The average Bonchev–Trinajstić information content (AvgIpc) is 2.93. The Morgan fingerprint density at radius 3 is 2.55 bits per heavy atom. The summed E-state index contributed by atoms with van der Waals surface area (Å²) in [6, 6.07) is 6.82. The standard InChI is InChI=1S/C13H12N2O4S/c1-19-13(18)9-4-2-8(3-5-9)12-15-14-10(20-12)6-7-11(16)17/h2-5H,6-7H2,1H3,(H,16,17). The largest absolute Gasteiger partial charge is 0.481 e. The molecule has 0 saturated carbocycles. The van der Waals surface area contributed by atoms with Gasteiger partial charge in [0.2, 0.25) is 0 Å². The van der Waals surface area contributed by atoms with E-state index in [4.69, 9.17) is 5.11 Å². The molecular weight excluding hydrogens is 280 g/mol. The lowest BCUT2D eigenvalue weighted by Gasteiger charge is -1.99. The minimum Gasteiger partial charge on any atom is -0.481 e. The summed E-state index contributed by atoms with van der Waals surface area (Å²) in [4.78, 5) is 21.8. The zero-order chi connectivity index (χ0) is 14.5. The fraction of sp³-hybridized carbons (Fsp3) is 0.231. The van der Waals surface area contributed by atoms with E-state index in [1.807, 2.05) is 0 Å². The third kappa shape index (κ3) is 3.39. The highest BCUT2D eigenvalue weighted by atomic mass is 32.1. The lowest BCUT2D eigenvalue weighted by atomic mass is 10.1. The van der Waals surface area contributed by atoms with Gasteiger partial charge >= 0.3 is 11.9 Å². The van der Waals surface area contributed by atoms with Crippen molar-refractivity contribution in [3.63, 3.8) is 0 Å². The van der Waals surface area contributed by atoms with Crippen molar-refractivity contribution in [3.8, 4) is 10.6 Å². The van der Waals surface area contributed by atoms with Gasteiger partial charge in [0, 0.05) is 12.0 Å². The number of benzene rings is 1. The molecule has 0 aliphatic carbocycles. The van der Waals surface area contributed by atoms with Crippen molar-refractivity contribution in [3.05, 3.63) is 34.8 Å². The van der Waals surface area contributed by atoms with Gasteiger partial charge < -0.3 is 9.84 Å².